The number of halogens is 3. The SMILES string of the molecule is O=C(N1CCOCC1)N1CCCN(c2nc3cc(C(F)(F)F)ccc3o2)CC1. The summed E-state index contributed by atoms with van der Waals surface area (Å²) < 4.78 is 49.6. The molecule has 0 saturated carbocycles. The van der Waals surface area contributed by atoms with Crippen LogP contribution in [0.2, 0.25) is 0 Å². The number of morpholine rings is 1. The van der Waals surface area contributed by atoms with Gasteiger partial charge in [-0.1, -0.05) is 0 Å². The first-order valence-corrected chi connectivity index (χ1v) is 9.26. The van der Waals surface area contributed by atoms with Crippen molar-refractivity contribution < 1.29 is 27.1 Å². The monoisotopic (exact) mass is 398 g/mol. The Hall–Kier alpha value is -2.49. The van der Waals surface area contributed by atoms with Crippen molar-refractivity contribution in [2.45, 2.75) is 12.6 Å². The van der Waals surface area contributed by atoms with Crippen molar-refractivity contribution in [3.8, 4) is 0 Å². The molecule has 0 spiro atoms. The van der Waals surface area contributed by atoms with Crippen LogP contribution in [0.25, 0.3) is 11.1 Å². The van der Waals surface area contributed by atoms with E-state index in [0.717, 1.165) is 18.6 Å². The van der Waals surface area contributed by atoms with Crippen molar-refractivity contribution in [3.63, 3.8) is 0 Å². The molecule has 2 fully saturated rings. The normalized spacial score (nSPS) is 19.2. The molecule has 0 unspecified atom stereocenters. The lowest BCUT2D eigenvalue weighted by Gasteiger charge is -2.32. The number of hydrogen-bond acceptors (Lipinski definition) is 5. The number of alkyl halides is 3. The highest BCUT2D eigenvalue weighted by atomic mass is 19.4. The Balaban J connectivity index is 1.46. The summed E-state index contributed by atoms with van der Waals surface area (Å²) >= 11 is 0. The van der Waals surface area contributed by atoms with Crippen molar-refractivity contribution in [1.29, 1.82) is 0 Å². The molecule has 10 heteroatoms. The lowest BCUT2D eigenvalue weighted by molar-refractivity contribution is -0.137. The predicted octanol–water partition coefficient (Wildman–Crippen LogP) is 2.81. The summed E-state index contributed by atoms with van der Waals surface area (Å²) in [6.07, 6.45) is -3.70. The maximum absolute atomic E-state index is 12.9. The Morgan fingerprint density at radius 2 is 1.75 bits per heavy atom. The van der Waals surface area contributed by atoms with Crippen molar-refractivity contribution >= 4 is 23.1 Å². The molecule has 2 aliphatic heterocycles. The zero-order valence-electron chi connectivity index (χ0n) is 15.2. The highest BCUT2D eigenvalue weighted by Gasteiger charge is 2.31. The predicted molar refractivity (Wildman–Crippen MR) is 95.2 cm³/mol. The molecule has 2 saturated heterocycles. The number of oxazole rings is 1. The third-order valence-electron chi connectivity index (χ3n) is 5.02. The first-order chi connectivity index (χ1) is 13.4. The zero-order chi connectivity index (χ0) is 19.7. The number of amides is 2. The quantitative estimate of drug-likeness (QED) is 0.739. The number of fused-ring (bicyclic) bond motifs is 1. The molecule has 0 atom stereocenters. The minimum atomic E-state index is -4.42. The van der Waals surface area contributed by atoms with Crippen LogP contribution in [0, 0.1) is 0 Å². The maximum atomic E-state index is 12.9. The molecule has 0 aliphatic carbocycles. The molecule has 2 aliphatic rings. The average Bonchev–Trinajstić information content (AvgIpc) is 2.96. The number of anilines is 1. The second-order valence-corrected chi connectivity index (χ2v) is 6.89. The topological polar surface area (TPSA) is 62.1 Å². The molecular weight excluding hydrogens is 377 g/mol. The smallest absolute Gasteiger partial charge is 0.416 e. The van der Waals surface area contributed by atoms with Crippen LogP contribution in [0.3, 0.4) is 0 Å². The molecule has 0 N–H and O–H groups in total. The molecule has 7 nitrogen and oxygen atoms in total. The first kappa shape index (κ1) is 18.9. The van der Waals surface area contributed by atoms with Crippen molar-refractivity contribution in [2.75, 3.05) is 57.4 Å². The van der Waals surface area contributed by atoms with Crippen LogP contribution in [0.1, 0.15) is 12.0 Å². The summed E-state index contributed by atoms with van der Waals surface area (Å²) in [5.41, 5.74) is -0.262. The minimum absolute atomic E-state index is 0.00228. The fourth-order valence-corrected chi connectivity index (χ4v) is 3.48. The van der Waals surface area contributed by atoms with Crippen LogP contribution in [0.15, 0.2) is 22.6 Å². The lowest BCUT2D eigenvalue weighted by Crippen LogP contribution is -2.49. The summed E-state index contributed by atoms with van der Waals surface area (Å²) in [6, 6.07) is 3.56. The number of carbonyl (C=O) groups is 1. The molecule has 4 rings (SSSR count). The van der Waals surface area contributed by atoms with E-state index in [1.165, 1.54) is 6.07 Å². The Labute approximate surface area is 159 Å². The van der Waals surface area contributed by atoms with Gasteiger partial charge in [0.25, 0.3) is 6.01 Å². The van der Waals surface area contributed by atoms with E-state index >= 15 is 0 Å². The summed E-state index contributed by atoms with van der Waals surface area (Å²) in [6.45, 7) is 4.52. The Bertz CT molecular complexity index is 848. The van der Waals surface area contributed by atoms with Crippen molar-refractivity contribution in [2.24, 2.45) is 0 Å². The lowest BCUT2D eigenvalue weighted by atomic mass is 10.2. The van der Waals surface area contributed by atoms with Crippen molar-refractivity contribution in [1.82, 2.24) is 14.8 Å². The minimum Gasteiger partial charge on any atom is -0.423 e. The van der Waals surface area contributed by atoms with Crippen LogP contribution in [-0.2, 0) is 10.9 Å². The number of rotatable bonds is 1. The second-order valence-electron chi connectivity index (χ2n) is 6.89. The molecule has 0 radical (unpaired) electrons. The van der Waals surface area contributed by atoms with Crippen molar-refractivity contribution in [3.05, 3.63) is 23.8 Å². The average molecular weight is 398 g/mol. The first-order valence-electron chi connectivity index (χ1n) is 9.26. The van der Waals surface area contributed by atoms with Gasteiger partial charge in [-0.3, -0.25) is 0 Å². The molecule has 0 bridgehead atoms. The number of hydrogen-bond donors (Lipinski definition) is 0. The van der Waals surface area contributed by atoms with Crippen LogP contribution in [0.5, 0.6) is 0 Å². The highest BCUT2D eigenvalue weighted by molar-refractivity contribution is 5.76. The number of aromatic nitrogens is 1. The van der Waals surface area contributed by atoms with Gasteiger partial charge >= 0.3 is 12.2 Å². The van der Waals surface area contributed by atoms with Gasteiger partial charge in [-0.25, -0.2) is 4.79 Å². The van der Waals surface area contributed by atoms with Crippen LogP contribution in [0.4, 0.5) is 24.0 Å². The molecule has 28 heavy (non-hydrogen) atoms. The zero-order valence-corrected chi connectivity index (χ0v) is 15.2. The Morgan fingerprint density at radius 1 is 1.00 bits per heavy atom. The molecule has 3 heterocycles. The van der Waals surface area contributed by atoms with Gasteiger partial charge in [0.05, 0.1) is 18.8 Å². The fourth-order valence-electron chi connectivity index (χ4n) is 3.48. The van der Waals surface area contributed by atoms with Gasteiger partial charge < -0.3 is 23.9 Å². The second kappa shape index (κ2) is 7.50. The van der Waals surface area contributed by atoms with Crippen LogP contribution in [-0.4, -0.2) is 73.3 Å². The Kier molecular flexibility index (Phi) is 5.05. The molecular formula is C18H21F3N4O3. The van der Waals surface area contributed by atoms with E-state index in [4.69, 9.17) is 9.15 Å². The van der Waals surface area contributed by atoms with E-state index in [2.05, 4.69) is 4.98 Å². The van der Waals surface area contributed by atoms with Gasteiger partial charge in [0, 0.05) is 39.3 Å². The summed E-state index contributed by atoms with van der Waals surface area (Å²) in [7, 11) is 0. The summed E-state index contributed by atoms with van der Waals surface area (Å²) in [5.74, 6) is 0. The molecule has 152 valence electrons. The largest absolute Gasteiger partial charge is 0.423 e. The molecule has 1 aromatic heterocycles. The van der Waals surface area contributed by atoms with Crippen LogP contribution < -0.4 is 4.90 Å². The van der Waals surface area contributed by atoms with Gasteiger partial charge in [-0.05, 0) is 24.6 Å². The van der Waals surface area contributed by atoms with Gasteiger partial charge in [0.1, 0.15) is 5.52 Å². The van der Waals surface area contributed by atoms with E-state index in [1.54, 1.807) is 9.80 Å². The van der Waals surface area contributed by atoms with Gasteiger partial charge in [0.15, 0.2) is 5.58 Å². The van der Waals surface area contributed by atoms with E-state index in [1.807, 2.05) is 4.90 Å². The van der Waals surface area contributed by atoms with E-state index in [0.29, 0.717) is 58.1 Å². The molecule has 2 amide bonds. The highest BCUT2D eigenvalue weighted by Crippen LogP contribution is 2.32. The Morgan fingerprint density at radius 3 is 2.50 bits per heavy atom. The number of carbonyl (C=O) groups excluding carboxylic acids is 1. The fraction of sp³-hybridized carbons (Fsp3) is 0.556. The van der Waals surface area contributed by atoms with Gasteiger partial charge in [-0.2, -0.15) is 18.2 Å². The van der Waals surface area contributed by atoms with Gasteiger partial charge in [-0.15, -0.1) is 0 Å². The van der Waals surface area contributed by atoms with Gasteiger partial charge in [0.2, 0.25) is 0 Å². The third-order valence-corrected chi connectivity index (χ3v) is 5.02. The van der Waals surface area contributed by atoms with E-state index < -0.39 is 11.7 Å². The molecule has 2 aromatic rings. The van der Waals surface area contributed by atoms with Crippen LogP contribution >= 0.6 is 0 Å². The number of benzene rings is 1. The standard InChI is InChI=1S/C18H21F3N4O3/c19-18(20,21)13-2-3-15-14(12-13)22-16(28-15)23-4-1-5-24(7-6-23)17(26)25-8-10-27-11-9-25/h2-3,12H,1,4-11H2. The number of ether oxygens (including phenoxy) is 1. The van der Waals surface area contributed by atoms with E-state index in [-0.39, 0.29) is 17.6 Å². The molecule has 1 aromatic carbocycles. The summed E-state index contributed by atoms with van der Waals surface area (Å²) in [5, 5.41) is 0. The third kappa shape index (κ3) is 3.87. The summed E-state index contributed by atoms with van der Waals surface area (Å²) in [4.78, 5) is 22.4. The maximum Gasteiger partial charge on any atom is 0.416 e. The number of urea groups is 1. The van der Waals surface area contributed by atoms with E-state index in [9.17, 15) is 18.0 Å². The number of nitrogens with zero attached hydrogens (tertiary/aromatic N) is 4.